The number of carbonyl (C=O) groups excluding carboxylic acids is 1. The fraction of sp³-hybridized carbons (Fsp3) is 0.435. The van der Waals surface area contributed by atoms with E-state index in [1.54, 1.807) is 7.11 Å². The SMILES string of the molecule is COc1ccc(CCCNC(=O)CCCN(c2cc(C)ccc2C)S(C)(=O)=O)cc1. The number of rotatable bonds is 11. The molecule has 0 unspecified atom stereocenters. The van der Waals surface area contributed by atoms with Gasteiger partial charge in [-0.1, -0.05) is 24.3 Å². The van der Waals surface area contributed by atoms with E-state index in [9.17, 15) is 13.2 Å². The highest BCUT2D eigenvalue weighted by molar-refractivity contribution is 7.92. The summed E-state index contributed by atoms with van der Waals surface area (Å²) in [6, 6.07) is 13.6. The average molecular weight is 433 g/mol. The number of hydrogen-bond donors (Lipinski definition) is 1. The summed E-state index contributed by atoms with van der Waals surface area (Å²) in [5.41, 5.74) is 3.77. The van der Waals surface area contributed by atoms with Gasteiger partial charge in [0.1, 0.15) is 5.75 Å². The topological polar surface area (TPSA) is 75.7 Å². The molecule has 0 saturated heterocycles. The number of carbonyl (C=O) groups is 1. The van der Waals surface area contributed by atoms with Gasteiger partial charge in [-0.15, -0.1) is 0 Å². The molecule has 30 heavy (non-hydrogen) atoms. The van der Waals surface area contributed by atoms with Crippen LogP contribution in [0.15, 0.2) is 42.5 Å². The van der Waals surface area contributed by atoms with E-state index in [0.717, 1.165) is 29.7 Å². The minimum Gasteiger partial charge on any atom is -0.497 e. The van der Waals surface area contributed by atoms with Crippen LogP contribution >= 0.6 is 0 Å². The quantitative estimate of drug-likeness (QED) is 0.551. The molecule has 0 spiro atoms. The Balaban J connectivity index is 1.78. The molecule has 2 rings (SSSR count). The highest BCUT2D eigenvalue weighted by atomic mass is 32.2. The van der Waals surface area contributed by atoms with Gasteiger partial charge in [0.05, 0.1) is 19.1 Å². The second-order valence-electron chi connectivity index (χ2n) is 7.53. The summed E-state index contributed by atoms with van der Waals surface area (Å²) >= 11 is 0. The largest absolute Gasteiger partial charge is 0.497 e. The molecule has 6 nitrogen and oxygen atoms in total. The Labute approximate surface area is 180 Å². The molecule has 1 N–H and O–H groups in total. The maximum atomic E-state index is 12.3. The normalized spacial score (nSPS) is 11.2. The Morgan fingerprint density at radius 3 is 2.40 bits per heavy atom. The number of anilines is 1. The smallest absolute Gasteiger partial charge is 0.232 e. The van der Waals surface area contributed by atoms with Crippen molar-refractivity contribution in [3.8, 4) is 5.75 Å². The van der Waals surface area contributed by atoms with Gasteiger partial charge in [-0.2, -0.15) is 0 Å². The molecule has 0 aliphatic carbocycles. The minimum atomic E-state index is -3.42. The van der Waals surface area contributed by atoms with Crippen LogP contribution in [0.1, 0.15) is 36.0 Å². The number of nitrogens with one attached hydrogen (secondary N) is 1. The van der Waals surface area contributed by atoms with Gasteiger partial charge in [-0.25, -0.2) is 8.42 Å². The van der Waals surface area contributed by atoms with Crippen molar-refractivity contribution >= 4 is 21.6 Å². The van der Waals surface area contributed by atoms with Crippen LogP contribution in [-0.4, -0.2) is 40.8 Å². The standard InChI is InChI=1S/C23H32N2O4S/c1-18-9-10-19(2)22(17-18)25(30(4,27)28)16-6-8-23(26)24-15-5-7-20-11-13-21(29-3)14-12-20/h9-14,17H,5-8,15-16H2,1-4H3,(H,24,26). The third-order valence-electron chi connectivity index (χ3n) is 4.92. The van der Waals surface area contributed by atoms with E-state index in [1.807, 2.05) is 56.3 Å². The average Bonchev–Trinajstić information content (AvgIpc) is 2.70. The van der Waals surface area contributed by atoms with Crippen LogP contribution in [0.4, 0.5) is 5.69 Å². The number of aryl methyl sites for hydroxylation is 3. The molecular formula is C23H32N2O4S. The van der Waals surface area contributed by atoms with E-state index in [0.29, 0.717) is 25.1 Å². The van der Waals surface area contributed by atoms with Crippen molar-refractivity contribution in [3.05, 3.63) is 59.2 Å². The molecule has 0 atom stereocenters. The van der Waals surface area contributed by atoms with E-state index in [4.69, 9.17) is 4.74 Å². The first-order valence-corrected chi connectivity index (χ1v) is 12.0. The second kappa shape index (κ2) is 11.0. The maximum Gasteiger partial charge on any atom is 0.232 e. The van der Waals surface area contributed by atoms with Crippen LogP contribution in [0.25, 0.3) is 0 Å². The van der Waals surface area contributed by atoms with Gasteiger partial charge in [0.15, 0.2) is 0 Å². The van der Waals surface area contributed by atoms with Gasteiger partial charge in [0.25, 0.3) is 0 Å². The number of ether oxygens (including phenoxy) is 1. The highest BCUT2D eigenvalue weighted by Crippen LogP contribution is 2.24. The van der Waals surface area contributed by atoms with Crippen LogP contribution < -0.4 is 14.4 Å². The number of methoxy groups -OCH3 is 1. The van der Waals surface area contributed by atoms with Gasteiger partial charge in [-0.3, -0.25) is 9.10 Å². The summed E-state index contributed by atoms with van der Waals surface area (Å²) in [6.45, 7) is 4.70. The van der Waals surface area contributed by atoms with Crippen molar-refractivity contribution in [2.45, 2.75) is 39.5 Å². The number of sulfonamides is 1. The van der Waals surface area contributed by atoms with Gasteiger partial charge in [0, 0.05) is 19.5 Å². The third kappa shape index (κ3) is 7.37. The molecule has 0 radical (unpaired) electrons. The molecule has 7 heteroatoms. The Morgan fingerprint density at radius 2 is 1.77 bits per heavy atom. The Hall–Kier alpha value is -2.54. The van der Waals surface area contributed by atoms with Gasteiger partial charge in [0.2, 0.25) is 15.9 Å². The zero-order valence-corrected chi connectivity index (χ0v) is 19.1. The molecule has 0 aliphatic heterocycles. The monoisotopic (exact) mass is 432 g/mol. The summed E-state index contributed by atoms with van der Waals surface area (Å²) in [7, 11) is -1.78. The van der Waals surface area contributed by atoms with Crippen LogP contribution in [-0.2, 0) is 21.2 Å². The summed E-state index contributed by atoms with van der Waals surface area (Å²) in [5, 5.41) is 2.92. The lowest BCUT2D eigenvalue weighted by molar-refractivity contribution is -0.121. The number of nitrogens with zero attached hydrogens (tertiary/aromatic N) is 1. The first kappa shape index (κ1) is 23.7. The van der Waals surface area contributed by atoms with Crippen molar-refractivity contribution in [2.24, 2.45) is 0 Å². The van der Waals surface area contributed by atoms with E-state index in [1.165, 1.54) is 16.1 Å². The summed E-state index contributed by atoms with van der Waals surface area (Å²) in [4.78, 5) is 12.1. The predicted molar refractivity (Wildman–Crippen MR) is 122 cm³/mol. The first-order valence-electron chi connectivity index (χ1n) is 10.2. The Bertz CT molecular complexity index is 940. The molecule has 1 amide bonds. The molecule has 0 bridgehead atoms. The molecule has 0 saturated carbocycles. The Morgan fingerprint density at radius 1 is 1.07 bits per heavy atom. The molecule has 0 aromatic heterocycles. The molecule has 164 valence electrons. The molecule has 0 aliphatic rings. The van der Waals surface area contributed by atoms with Crippen molar-refractivity contribution < 1.29 is 17.9 Å². The van der Waals surface area contributed by atoms with Crippen molar-refractivity contribution in [3.63, 3.8) is 0 Å². The number of benzene rings is 2. The van der Waals surface area contributed by atoms with E-state index >= 15 is 0 Å². The van der Waals surface area contributed by atoms with Crippen LogP contribution in [0.2, 0.25) is 0 Å². The molecule has 2 aromatic carbocycles. The maximum absolute atomic E-state index is 12.3. The molecular weight excluding hydrogens is 400 g/mol. The lowest BCUT2D eigenvalue weighted by Gasteiger charge is -2.24. The molecule has 2 aromatic rings. The number of hydrogen-bond acceptors (Lipinski definition) is 4. The summed E-state index contributed by atoms with van der Waals surface area (Å²) in [5.74, 6) is 0.773. The molecule has 0 heterocycles. The highest BCUT2D eigenvalue weighted by Gasteiger charge is 2.19. The summed E-state index contributed by atoms with van der Waals surface area (Å²) in [6.07, 6.45) is 3.67. The zero-order valence-electron chi connectivity index (χ0n) is 18.3. The first-order chi connectivity index (χ1) is 14.2. The lowest BCUT2D eigenvalue weighted by Crippen LogP contribution is -2.33. The van der Waals surface area contributed by atoms with Crippen LogP contribution in [0.5, 0.6) is 5.75 Å². The lowest BCUT2D eigenvalue weighted by atomic mass is 10.1. The van der Waals surface area contributed by atoms with Gasteiger partial charge < -0.3 is 10.1 Å². The van der Waals surface area contributed by atoms with E-state index < -0.39 is 10.0 Å². The molecule has 0 fully saturated rings. The van der Waals surface area contributed by atoms with Crippen LogP contribution in [0, 0.1) is 13.8 Å². The zero-order chi connectivity index (χ0) is 22.1. The summed E-state index contributed by atoms with van der Waals surface area (Å²) < 4.78 is 31.1. The van der Waals surface area contributed by atoms with E-state index in [-0.39, 0.29) is 12.5 Å². The fourth-order valence-corrected chi connectivity index (χ4v) is 4.25. The fourth-order valence-electron chi connectivity index (χ4n) is 3.24. The van der Waals surface area contributed by atoms with Crippen LogP contribution in [0.3, 0.4) is 0 Å². The van der Waals surface area contributed by atoms with Crippen molar-refractivity contribution in [1.29, 1.82) is 0 Å². The number of amides is 1. The van der Waals surface area contributed by atoms with Crippen molar-refractivity contribution in [2.75, 3.05) is 30.8 Å². The Kier molecular flexibility index (Phi) is 8.72. The van der Waals surface area contributed by atoms with Crippen molar-refractivity contribution in [1.82, 2.24) is 5.32 Å². The minimum absolute atomic E-state index is 0.0563. The third-order valence-corrected chi connectivity index (χ3v) is 6.10. The predicted octanol–water partition coefficient (Wildman–Crippen LogP) is 3.61. The van der Waals surface area contributed by atoms with Gasteiger partial charge >= 0.3 is 0 Å². The van der Waals surface area contributed by atoms with E-state index in [2.05, 4.69) is 5.32 Å². The van der Waals surface area contributed by atoms with Gasteiger partial charge in [-0.05, 0) is 68.0 Å². The second-order valence-corrected chi connectivity index (χ2v) is 9.44.